The first kappa shape index (κ1) is 14.9. The molecule has 2 rings (SSSR count). The van der Waals surface area contributed by atoms with Gasteiger partial charge in [0.2, 0.25) is 15.8 Å². The van der Waals surface area contributed by atoms with Crippen molar-refractivity contribution >= 4 is 15.7 Å². The van der Waals surface area contributed by atoms with E-state index in [1.54, 1.807) is 6.92 Å². The van der Waals surface area contributed by atoms with Gasteiger partial charge in [0.1, 0.15) is 0 Å². The van der Waals surface area contributed by atoms with E-state index in [1.165, 1.54) is 13.8 Å². The third-order valence-electron chi connectivity index (χ3n) is 3.46. The molecule has 20 heavy (non-hydrogen) atoms. The normalized spacial score (nSPS) is 17.0. The van der Waals surface area contributed by atoms with Gasteiger partial charge in [-0.3, -0.25) is 10.1 Å². The van der Waals surface area contributed by atoms with Gasteiger partial charge in [0.15, 0.2) is 0 Å². The maximum absolute atomic E-state index is 13.6. The fourth-order valence-electron chi connectivity index (χ4n) is 2.21. The van der Waals surface area contributed by atoms with Gasteiger partial charge < -0.3 is 0 Å². The first-order valence-electron chi connectivity index (χ1n) is 6.05. The molecular formula is C12H15FN2O4S. The number of hydrogen-bond acceptors (Lipinski definition) is 4. The van der Waals surface area contributed by atoms with Crippen molar-refractivity contribution in [3.63, 3.8) is 0 Å². The number of nitro benzene ring substituents is 1. The Bertz CT molecular complexity index is 696. The number of hydrogen-bond donors (Lipinski definition) is 1. The Morgan fingerprint density at radius 3 is 2.40 bits per heavy atom. The predicted octanol–water partition coefficient (Wildman–Crippen LogP) is 2.18. The van der Waals surface area contributed by atoms with Gasteiger partial charge in [0.25, 0.3) is 0 Å². The summed E-state index contributed by atoms with van der Waals surface area (Å²) in [6.07, 6.45) is 1.43. The molecule has 0 spiro atoms. The van der Waals surface area contributed by atoms with E-state index >= 15 is 0 Å². The van der Waals surface area contributed by atoms with Crippen LogP contribution in [-0.4, -0.2) is 18.9 Å². The minimum absolute atomic E-state index is 0.155. The minimum atomic E-state index is -3.91. The smallest absolute Gasteiger partial charge is 0.258 e. The fraction of sp³-hybridized carbons (Fsp3) is 0.500. The molecule has 1 aliphatic carbocycles. The van der Waals surface area contributed by atoms with E-state index in [0.717, 1.165) is 6.07 Å². The molecule has 0 saturated heterocycles. The summed E-state index contributed by atoms with van der Waals surface area (Å²) in [4.78, 5) is 9.77. The van der Waals surface area contributed by atoms with Gasteiger partial charge >= 0.3 is 5.69 Å². The maximum atomic E-state index is 13.6. The highest BCUT2D eigenvalue weighted by molar-refractivity contribution is 7.89. The average Bonchev–Trinajstić information content (AvgIpc) is 2.91. The molecule has 1 aromatic rings. The Labute approximate surface area is 116 Å². The number of benzene rings is 1. The summed E-state index contributed by atoms with van der Waals surface area (Å²) in [6, 6.07) is 0.884. The van der Waals surface area contributed by atoms with Crippen LogP contribution in [0.4, 0.5) is 10.1 Å². The number of aryl methyl sites for hydroxylation is 1. The molecule has 1 N–H and O–H groups in total. The molecule has 0 heterocycles. The van der Waals surface area contributed by atoms with Gasteiger partial charge in [0, 0.05) is 5.54 Å². The first-order chi connectivity index (χ1) is 9.07. The van der Waals surface area contributed by atoms with Crippen molar-refractivity contribution in [1.29, 1.82) is 0 Å². The third kappa shape index (κ3) is 2.53. The van der Waals surface area contributed by atoms with Crippen molar-refractivity contribution in [2.24, 2.45) is 0 Å². The summed E-state index contributed by atoms with van der Waals surface area (Å²) in [7, 11) is -3.91. The first-order valence-corrected chi connectivity index (χ1v) is 7.54. The van der Waals surface area contributed by atoms with E-state index in [9.17, 15) is 22.9 Å². The second-order valence-electron chi connectivity index (χ2n) is 5.40. The zero-order valence-corrected chi connectivity index (χ0v) is 12.2. The molecular weight excluding hydrogens is 287 g/mol. The van der Waals surface area contributed by atoms with Gasteiger partial charge in [-0.1, -0.05) is 0 Å². The monoisotopic (exact) mass is 302 g/mol. The predicted molar refractivity (Wildman–Crippen MR) is 70.5 cm³/mol. The Balaban J connectivity index is 2.62. The number of halogens is 1. The van der Waals surface area contributed by atoms with E-state index < -0.39 is 32.0 Å². The molecule has 1 aromatic carbocycles. The Hall–Kier alpha value is -1.54. The van der Waals surface area contributed by atoms with Crippen molar-refractivity contribution in [3.05, 3.63) is 33.1 Å². The van der Waals surface area contributed by atoms with Crippen LogP contribution in [-0.2, 0) is 10.0 Å². The van der Waals surface area contributed by atoms with Crippen LogP contribution in [0, 0.1) is 29.8 Å². The van der Waals surface area contributed by atoms with E-state index in [4.69, 9.17) is 0 Å². The number of nitro groups is 1. The molecule has 1 fully saturated rings. The Morgan fingerprint density at radius 1 is 1.40 bits per heavy atom. The molecule has 0 radical (unpaired) electrons. The molecule has 6 nitrogen and oxygen atoms in total. The van der Waals surface area contributed by atoms with E-state index in [2.05, 4.69) is 4.72 Å². The highest BCUT2D eigenvalue weighted by atomic mass is 32.2. The second kappa shape index (κ2) is 4.49. The van der Waals surface area contributed by atoms with Crippen LogP contribution in [0.15, 0.2) is 11.0 Å². The lowest BCUT2D eigenvalue weighted by Gasteiger charge is -2.16. The lowest BCUT2D eigenvalue weighted by molar-refractivity contribution is -0.388. The molecule has 0 bridgehead atoms. The van der Waals surface area contributed by atoms with Crippen molar-refractivity contribution in [2.45, 2.75) is 44.0 Å². The summed E-state index contributed by atoms with van der Waals surface area (Å²) in [6.45, 7) is 4.43. The van der Waals surface area contributed by atoms with Gasteiger partial charge in [-0.25, -0.2) is 13.1 Å². The van der Waals surface area contributed by atoms with Crippen molar-refractivity contribution in [1.82, 2.24) is 4.72 Å². The van der Waals surface area contributed by atoms with Gasteiger partial charge in [0.05, 0.1) is 15.4 Å². The van der Waals surface area contributed by atoms with E-state index in [1.807, 2.05) is 0 Å². The SMILES string of the molecule is Cc1cc(F)c([N+](=O)[O-])c(C)c1S(=O)(=O)NC1(C)CC1. The summed E-state index contributed by atoms with van der Waals surface area (Å²) in [5, 5.41) is 10.9. The lowest BCUT2D eigenvalue weighted by Crippen LogP contribution is -2.35. The number of nitrogens with zero attached hydrogens (tertiary/aromatic N) is 1. The number of sulfonamides is 1. The third-order valence-corrected chi connectivity index (χ3v) is 5.38. The van der Waals surface area contributed by atoms with Crippen molar-refractivity contribution in [2.75, 3.05) is 0 Å². The quantitative estimate of drug-likeness (QED) is 0.682. The average molecular weight is 302 g/mol. The highest BCUT2D eigenvalue weighted by Crippen LogP contribution is 2.38. The van der Waals surface area contributed by atoms with E-state index in [0.29, 0.717) is 12.8 Å². The highest BCUT2D eigenvalue weighted by Gasteiger charge is 2.42. The van der Waals surface area contributed by atoms with Crippen LogP contribution in [0.3, 0.4) is 0 Å². The fourth-order valence-corrected chi connectivity index (χ4v) is 4.15. The Kier molecular flexibility index (Phi) is 3.34. The molecule has 1 aliphatic rings. The van der Waals surface area contributed by atoms with Crippen molar-refractivity contribution < 1.29 is 17.7 Å². The van der Waals surface area contributed by atoms with Crippen LogP contribution >= 0.6 is 0 Å². The summed E-state index contributed by atoms with van der Waals surface area (Å²) in [5.74, 6) is -1.03. The van der Waals surface area contributed by atoms with Gasteiger partial charge in [-0.2, -0.15) is 4.39 Å². The summed E-state index contributed by atoms with van der Waals surface area (Å²) >= 11 is 0. The summed E-state index contributed by atoms with van der Waals surface area (Å²) < 4.78 is 40.9. The zero-order chi connectivity index (χ0) is 15.3. The van der Waals surface area contributed by atoms with Gasteiger partial charge in [-0.05, 0) is 45.2 Å². The summed E-state index contributed by atoms with van der Waals surface area (Å²) in [5.41, 5.74) is -1.32. The van der Waals surface area contributed by atoms with Crippen LogP contribution < -0.4 is 4.72 Å². The number of nitrogens with one attached hydrogen (secondary N) is 1. The molecule has 0 atom stereocenters. The lowest BCUT2D eigenvalue weighted by atomic mass is 10.1. The van der Waals surface area contributed by atoms with Gasteiger partial charge in [-0.15, -0.1) is 0 Å². The molecule has 0 aliphatic heterocycles. The second-order valence-corrected chi connectivity index (χ2v) is 7.02. The molecule has 110 valence electrons. The molecule has 0 aromatic heterocycles. The molecule has 8 heteroatoms. The van der Waals surface area contributed by atoms with Crippen LogP contribution in [0.2, 0.25) is 0 Å². The Morgan fingerprint density at radius 2 is 1.95 bits per heavy atom. The number of rotatable bonds is 4. The van der Waals surface area contributed by atoms with Crippen LogP contribution in [0.25, 0.3) is 0 Å². The van der Waals surface area contributed by atoms with Crippen LogP contribution in [0.5, 0.6) is 0 Å². The van der Waals surface area contributed by atoms with E-state index in [-0.39, 0.29) is 16.0 Å². The molecule has 1 saturated carbocycles. The zero-order valence-electron chi connectivity index (χ0n) is 11.4. The maximum Gasteiger partial charge on any atom is 0.309 e. The standard InChI is InChI=1S/C12H15FN2O4S/c1-7-6-9(13)10(15(16)17)8(2)11(7)20(18,19)14-12(3)4-5-12/h6,14H,4-5H2,1-3H3. The minimum Gasteiger partial charge on any atom is -0.258 e. The van der Waals surface area contributed by atoms with Crippen molar-refractivity contribution in [3.8, 4) is 0 Å². The topological polar surface area (TPSA) is 89.3 Å². The largest absolute Gasteiger partial charge is 0.309 e. The molecule has 0 unspecified atom stereocenters. The molecule has 0 amide bonds. The van der Waals surface area contributed by atoms with Crippen LogP contribution in [0.1, 0.15) is 30.9 Å².